The summed E-state index contributed by atoms with van der Waals surface area (Å²) in [5.41, 5.74) is 4.41. The van der Waals surface area contributed by atoms with E-state index in [1.54, 1.807) is 0 Å². The van der Waals surface area contributed by atoms with Crippen LogP contribution in [-0.2, 0) is 9.53 Å². The Balaban J connectivity index is 3.83. The smallest absolute Gasteiger partial charge is 0.324 e. The van der Waals surface area contributed by atoms with Crippen molar-refractivity contribution in [2.24, 2.45) is 5.73 Å². The summed E-state index contributed by atoms with van der Waals surface area (Å²) >= 11 is 0. The van der Waals surface area contributed by atoms with Gasteiger partial charge < -0.3 is 20.5 Å². The number of nitrogens with two attached hydrogens (primary N) is 1. The number of carboxylic acids is 1. The van der Waals surface area contributed by atoms with Crippen molar-refractivity contribution in [3.05, 3.63) is 0 Å². The highest BCUT2D eigenvalue weighted by atomic mass is 16.5. The molecule has 0 aliphatic rings. The molecule has 0 saturated heterocycles. The maximum absolute atomic E-state index is 10.8. The van der Waals surface area contributed by atoms with E-state index in [-0.39, 0.29) is 6.10 Å². The van der Waals surface area contributed by atoms with E-state index in [1.165, 1.54) is 6.92 Å². The summed E-state index contributed by atoms with van der Waals surface area (Å²) in [6.45, 7) is 7.01. The monoisotopic (exact) mass is 218 g/mol. The first-order valence-corrected chi connectivity index (χ1v) is 5.08. The van der Waals surface area contributed by atoms with Gasteiger partial charge in [0.25, 0.3) is 0 Å². The zero-order valence-electron chi connectivity index (χ0n) is 9.99. The van der Waals surface area contributed by atoms with E-state index in [0.29, 0.717) is 19.7 Å². The maximum Gasteiger partial charge on any atom is 0.324 e. The van der Waals surface area contributed by atoms with Gasteiger partial charge in [-0.25, -0.2) is 0 Å². The zero-order chi connectivity index (χ0) is 12.1. The second-order valence-corrected chi connectivity index (χ2v) is 4.38. The summed E-state index contributed by atoms with van der Waals surface area (Å²) in [6.07, 6.45) is 0.196. The molecule has 0 heterocycles. The van der Waals surface area contributed by atoms with Gasteiger partial charge in [0.15, 0.2) is 0 Å². The molecule has 5 nitrogen and oxygen atoms in total. The molecular formula is C10H22N2O3. The van der Waals surface area contributed by atoms with E-state index < -0.39 is 11.5 Å². The molecule has 1 atom stereocenters. The SMILES string of the molecule is CC(C)OCCN(C)CC(C)(N)C(=O)O. The van der Waals surface area contributed by atoms with Crippen LogP contribution in [0.5, 0.6) is 0 Å². The average Bonchev–Trinajstić information content (AvgIpc) is 2.01. The Morgan fingerprint density at radius 2 is 2.13 bits per heavy atom. The Morgan fingerprint density at radius 1 is 1.60 bits per heavy atom. The molecule has 0 aliphatic carbocycles. The molecule has 0 aromatic carbocycles. The number of aliphatic carboxylic acids is 1. The van der Waals surface area contributed by atoms with Gasteiger partial charge in [0.05, 0.1) is 12.7 Å². The van der Waals surface area contributed by atoms with Crippen LogP contribution < -0.4 is 5.73 Å². The minimum atomic E-state index is -1.20. The fourth-order valence-corrected chi connectivity index (χ4v) is 1.15. The lowest BCUT2D eigenvalue weighted by Gasteiger charge is -2.26. The minimum Gasteiger partial charge on any atom is -0.480 e. The Kier molecular flexibility index (Phi) is 5.79. The van der Waals surface area contributed by atoms with Crippen LogP contribution in [0.1, 0.15) is 20.8 Å². The third kappa shape index (κ3) is 6.43. The van der Waals surface area contributed by atoms with Crippen molar-refractivity contribution in [2.45, 2.75) is 32.4 Å². The molecule has 3 N–H and O–H groups in total. The lowest BCUT2D eigenvalue weighted by Crippen LogP contribution is -2.53. The number of rotatable bonds is 7. The Labute approximate surface area is 91.2 Å². The molecular weight excluding hydrogens is 196 g/mol. The maximum atomic E-state index is 10.8. The van der Waals surface area contributed by atoms with Crippen LogP contribution in [0.4, 0.5) is 0 Å². The quantitative estimate of drug-likeness (QED) is 0.636. The van der Waals surface area contributed by atoms with Crippen molar-refractivity contribution in [1.82, 2.24) is 4.90 Å². The standard InChI is InChI=1S/C10H22N2O3/c1-8(2)15-6-5-12(4)7-10(3,11)9(13)14/h8H,5-7,11H2,1-4H3,(H,13,14). The van der Waals surface area contributed by atoms with E-state index in [9.17, 15) is 4.79 Å². The van der Waals surface area contributed by atoms with Crippen LogP contribution in [0.3, 0.4) is 0 Å². The van der Waals surface area contributed by atoms with Crippen molar-refractivity contribution in [3.63, 3.8) is 0 Å². The molecule has 0 aliphatic heterocycles. The Morgan fingerprint density at radius 3 is 2.53 bits per heavy atom. The Hall–Kier alpha value is -0.650. The van der Waals surface area contributed by atoms with Gasteiger partial charge in [-0.2, -0.15) is 0 Å². The van der Waals surface area contributed by atoms with Gasteiger partial charge >= 0.3 is 5.97 Å². The van der Waals surface area contributed by atoms with Gasteiger partial charge in [0.2, 0.25) is 0 Å². The third-order valence-corrected chi connectivity index (χ3v) is 2.01. The summed E-state index contributed by atoms with van der Waals surface area (Å²) in [5.74, 6) is -0.987. The molecule has 0 aromatic heterocycles. The van der Waals surface area contributed by atoms with Crippen LogP contribution in [0.25, 0.3) is 0 Å². The van der Waals surface area contributed by atoms with E-state index >= 15 is 0 Å². The molecule has 1 unspecified atom stereocenters. The van der Waals surface area contributed by atoms with Crippen LogP contribution in [0, 0.1) is 0 Å². The highest BCUT2D eigenvalue weighted by Gasteiger charge is 2.29. The molecule has 15 heavy (non-hydrogen) atoms. The number of nitrogens with zero attached hydrogens (tertiary/aromatic N) is 1. The Bertz CT molecular complexity index is 205. The van der Waals surface area contributed by atoms with E-state index in [1.807, 2.05) is 25.8 Å². The second-order valence-electron chi connectivity index (χ2n) is 4.38. The molecule has 0 bridgehead atoms. The fourth-order valence-electron chi connectivity index (χ4n) is 1.15. The van der Waals surface area contributed by atoms with E-state index in [4.69, 9.17) is 15.6 Å². The third-order valence-electron chi connectivity index (χ3n) is 2.01. The summed E-state index contributed by atoms with van der Waals surface area (Å²) in [6, 6.07) is 0. The molecule has 5 heteroatoms. The average molecular weight is 218 g/mol. The molecule has 0 aromatic rings. The highest BCUT2D eigenvalue weighted by Crippen LogP contribution is 2.01. The summed E-state index contributed by atoms with van der Waals surface area (Å²) < 4.78 is 5.36. The van der Waals surface area contributed by atoms with Crippen molar-refractivity contribution < 1.29 is 14.6 Å². The van der Waals surface area contributed by atoms with Crippen molar-refractivity contribution >= 4 is 5.97 Å². The molecule has 0 rings (SSSR count). The number of carboxylic acid groups (broad SMARTS) is 1. The normalized spacial score (nSPS) is 15.7. The fraction of sp³-hybridized carbons (Fsp3) is 0.900. The van der Waals surface area contributed by atoms with Crippen LogP contribution in [0.2, 0.25) is 0 Å². The van der Waals surface area contributed by atoms with Gasteiger partial charge in [-0.15, -0.1) is 0 Å². The molecule has 0 fully saturated rings. The summed E-state index contributed by atoms with van der Waals surface area (Å²) in [4.78, 5) is 12.6. The predicted octanol–water partition coefficient (Wildman–Crippen LogP) is 0.145. The van der Waals surface area contributed by atoms with Crippen molar-refractivity contribution in [2.75, 3.05) is 26.7 Å². The minimum absolute atomic E-state index is 0.196. The second kappa shape index (κ2) is 6.05. The number of carbonyl (C=O) groups is 1. The molecule has 0 radical (unpaired) electrons. The lowest BCUT2D eigenvalue weighted by molar-refractivity contribution is -0.143. The van der Waals surface area contributed by atoms with Gasteiger partial charge in [-0.1, -0.05) is 0 Å². The molecule has 90 valence electrons. The number of ether oxygens (including phenoxy) is 1. The van der Waals surface area contributed by atoms with Gasteiger partial charge in [0.1, 0.15) is 5.54 Å². The first-order valence-electron chi connectivity index (χ1n) is 5.08. The number of hydrogen-bond donors (Lipinski definition) is 2. The van der Waals surface area contributed by atoms with Crippen LogP contribution >= 0.6 is 0 Å². The summed E-state index contributed by atoms with van der Waals surface area (Å²) in [5, 5.41) is 8.82. The van der Waals surface area contributed by atoms with Gasteiger partial charge in [-0.3, -0.25) is 4.79 Å². The van der Waals surface area contributed by atoms with E-state index in [2.05, 4.69) is 0 Å². The first kappa shape index (κ1) is 14.3. The topological polar surface area (TPSA) is 75.8 Å². The lowest BCUT2D eigenvalue weighted by atomic mass is 10.0. The van der Waals surface area contributed by atoms with Crippen molar-refractivity contribution in [3.8, 4) is 0 Å². The molecule has 0 spiro atoms. The van der Waals surface area contributed by atoms with E-state index in [0.717, 1.165) is 0 Å². The van der Waals surface area contributed by atoms with Crippen molar-refractivity contribution in [1.29, 1.82) is 0 Å². The van der Waals surface area contributed by atoms with Crippen LogP contribution in [0.15, 0.2) is 0 Å². The molecule has 0 amide bonds. The first-order chi connectivity index (χ1) is 6.75. The summed E-state index contributed by atoms with van der Waals surface area (Å²) in [7, 11) is 1.83. The molecule has 0 saturated carbocycles. The van der Waals surface area contributed by atoms with Gasteiger partial charge in [-0.05, 0) is 27.8 Å². The number of hydrogen-bond acceptors (Lipinski definition) is 4. The van der Waals surface area contributed by atoms with Gasteiger partial charge in [0, 0.05) is 13.1 Å². The predicted molar refractivity (Wildman–Crippen MR) is 58.8 cm³/mol. The zero-order valence-corrected chi connectivity index (χ0v) is 9.99. The highest BCUT2D eigenvalue weighted by molar-refractivity contribution is 5.78. The largest absolute Gasteiger partial charge is 0.480 e. The number of likely N-dealkylation sites (N-methyl/N-ethyl adjacent to an activating group) is 1. The van der Waals surface area contributed by atoms with Crippen LogP contribution in [-0.4, -0.2) is 54.4 Å².